The van der Waals surface area contributed by atoms with Crippen molar-refractivity contribution >= 4 is 37.8 Å². The molecule has 0 N–H and O–H groups in total. The lowest BCUT2D eigenvalue weighted by molar-refractivity contribution is -0.158. The summed E-state index contributed by atoms with van der Waals surface area (Å²) >= 11 is 6.88. The van der Waals surface area contributed by atoms with Gasteiger partial charge >= 0.3 is 5.97 Å². The van der Waals surface area contributed by atoms with Crippen LogP contribution < -0.4 is 0 Å². The van der Waals surface area contributed by atoms with Gasteiger partial charge in [0.25, 0.3) is 0 Å². The van der Waals surface area contributed by atoms with Gasteiger partial charge in [0.1, 0.15) is 6.10 Å². The van der Waals surface area contributed by atoms with Gasteiger partial charge in [-0.15, -0.1) is 0 Å². The maximum absolute atomic E-state index is 11.8. The highest BCUT2D eigenvalue weighted by Gasteiger charge is 2.43. The number of carbonyl (C=O) groups excluding carboxylic acids is 1. The van der Waals surface area contributed by atoms with Crippen LogP contribution in [0.3, 0.4) is 0 Å². The van der Waals surface area contributed by atoms with Crippen molar-refractivity contribution in [3.8, 4) is 0 Å². The third kappa shape index (κ3) is 1.97. The highest BCUT2D eigenvalue weighted by Crippen LogP contribution is 2.44. The largest absolute Gasteiger partial charge is 0.456 e. The van der Waals surface area contributed by atoms with Crippen LogP contribution in [0.4, 0.5) is 0 Å². The molecule has 1 fully saturated rings. The topological polar surface area (TPSA) is 26.3 Å². The Labute approximate surface area is 116 Å². The minimum Gasteiger partial charge on any atom is -0.456 e. The molecule has 4 heteroatoms. The second-order valence-electron chi connectivity index (χ2n) is 4.40. The molecule has 4 rings (SSSR count). The number of halogens is 2. The molecule has 17 heavy (non-hydrogen) atoms. The maximum atomic E-state index is 11.8. The first kappa shape index (κ1) is 11.5. The van der Waals surface area contributed by atoms with Gasteiger partial charge in [0, 0.05) is 14.9 Å². The zero-order valence-corrected chi connectivity index (χ0v) is 12.1. The van der Waals surface area contributed by atoms with Crippen molar-refractivity contribution in [1.82, 2.24) is 0 Å². The zero-order valence-electron chi connectivity index (χ0n) is 8.90. The SMILES string of the molecule is O=C1O[C@H]2C[C@H](c3ccc(Br)cc3)[C@@H]1C=C2Br. The van der Waals surface area contributed by atoms with Crippen molar-refractivity contribution in [3.05, 3.63) is 44.9 Å². The van der Waals surface area contributed by atoms with Crippen molar-refractivity contribution in [3.63, 3.8) is 0 Å². The molecule has 0 aromatic heterocycles. The summed E-state index contributed by atoms with van der Waals surface area (Å²) in [6, 6.07) is 8.18. The summed E-state index contributed by atoms with van der Waals surface area (Å²) in [4.78, 5) is 11.8. The monoisotopic (exact) mass is 356 g/mol. The molecule has 1 aromatic carbocycles. The quantitative estimate of drug-likeness (QED) is 0.715. The van der Waals surface area contributed by atoms with Gasteiger partial charge in [0.15, 0.2) is 0 Å². The number of benzene rings is 1. The second-order valence-corrected chi connectivity index (χ2v) is 6.23. The van der Waals surface area contributed by atoms with Crippen molar-refractivity contribution in [1.29, 1.82) is 0 Å². The molecule has 0 saturated carbocycles. The van der Waals surface area contributed by atoms with Crippen molar-refractivity contribution in [2.24, 2.45) is 5.92 Å². The minimum atomic E-state index is -0.143. The van der Waals surface area contributed by atoms with E-state index in [2.05, 4.69) is 44.0 Å². The van der Waals surface area contributed by atoms with Crippen LogP contribution in [-0.4, -0.2) is 12.1 Å². The standard InChI is InChI=1S/C13H10Br2O2/c14-8-3-1-7(2-4-8)9-6-12-11(15)5-10(9)13(16)17-12/h1-5,9-10,12H,6H2/t9-,10+,12+/m1/s1. The Morgan fingerprint density at radius 1 is 1.18 bits per heavy atom. The van der Waals surface area contributed by atoms with Crippen LogP contribution in [0, 0.1) is 5.92 Å². The Balaban J connectivity index is 1.96. The van der Waals surface area contributed by atoms with E-state index in [1.807, 2.05) is 18.2 Å². The molecule has 0 amide bonds. The number of esters is 1. The minimum absolute atomic E-state index is 0.0962. The fraction of sp³-hybridized carbons (Fsp3) is 0.308. The molecule has 2 bridgehead atoms. The van der Waals surface area contributed by atoms with Gasteiger partial charge in [-0.2, -0.15) is 0 Å². The molecule has 0 radical (unpaired) electrons. The maximum Gasteiger partial charge on any atom is 0.314 e. The second kappa shape index (κ2) is 4.25. The average Bonchev–Trinajstić information content (AvgIpc) is 2.31. The Kier molecular flexibility index (Phi) is 2.87. The Bertz CT molecular complexity index is 493. The lowest BCUT2D eigenvalue weighted by Gasteiger charge is -2.38. The van der Waals surface area contributed by atoms with Crippen molar-refractivity contribution in [2.45, 2.75) is 18.4 Å². The molecule has 0 unspecified atom stereocenters. The third-order valence-corrected chi connectivity index (χ3v) is 4.68. The molecular weight excluding hydrogens is 348 g/mol. The fourth-order valence-corrected chi connectivity index (χ4v) is 3.32. The van der Waals surface area contributed by atoms with E-state index in [4.69, 9.17) is 4.74 Å². The molecular formula is C13H10Br2O2. The number of rotatable bonds is 1. The van der Waals surface area contributed by atoms with E-state index in [0.717, 1.165) is 15.4 Å². The predicted octanol–water partition coefficient (Wildman–Crippen LogP) is 3.76. The van der Waals surface area contributed by atoms with Gasteiger partial charge < -0.3 is 4.74 Å². The van der Waals surface area contributed by atoms with Crippen LogP contribution in [0.2, 0.25) is 0 Å². The van der Waals surface area contributed by atoms with Gasteiger partial charge in [-0.05, 0) is 24.1 Å². The van der Waals surface area contributed by atoms with E-state index >= 15 is 0 Å². The first-order valence-electron chi connectivity index (χ1n) is 5.48. The smallest absolute Gasteiger partial charge is 0.314 e. The van der Waals surface area contributed by atoms with E-state index in [1.54, 1.807) is 0 Å². The average molecular weight is 358 g/mol. The Morgan fingerprint density at radius 2 is 1.88 bits per heavy atom. The van der Waals surface area contributed by atoms with E-state index in [1.165, 1.54) is 5.56 Å². The Morgan fingerprint density at radius 3 is 2.53 bits per heavy atom. The molecule has 1 aromatic rings. The molecule has 2 aliphatic heterocycles. The predicted molar refractivity (Wildman–Crippen MR) is 71.9 cm³/mol. The normalized spacial score (nSPS) is 31.1. The molecule has 1 saturated heterocycles. The summed E-state index contributed by atoms with van der Waals surface area (Å²) in [6.07, 6.45) is 2.77. The van der Waals surface area contributed by atoms with Gasteiger partial charge in [0.2, 0.25) is 0 Å². The first-order chi connectivity index (χ1) is 8.15. The summed E-state index contributed by atoms with van der Waals surface area (Å²) in [6.45, 7) is 0. The summed E-state index contributed by atoms with van der Waals surface area (Å²) in [5.74, 6) is 0.00330. The number of hydrogen-bond acceptors (Lipinski definition) is 2. The first-order valence-corrected chi connectivity index (χ1v) is 7.07. The van der Waals surface area contributed by atoms with Crippen LogP contribution in [0.25, 0.3) is 0 Å². The highest BCUT2D eigenvalue weighted by molar-refractivity contribution is 9.11. The lowest BCUT2D eigenvalue weighted by atomic mass is 9.76. The van der Waals surface area contributed by atoms with Crippen LogP contribution in [0.15, 0.2) is 39.3 Å². The summed E-state index contributed by atoms with van der Waals surface area (Å²) in [5.41, 5.74) is 1.20. The molecule has 3 aliphatic rings. The van der Waals surface area contributed by atoms with Gasteiger partial charge in [-0.25, -0.2) is 0 Å². The number of hydrogen-bond donors (Lipinski definition) is 0. The highest BCUT2D eigenvalue weighted by atomic mass is 79.9. The molecule has 2 heterocycles. The van der Waals surface area contributed by atoms with Crippen LogP contribution in [-0.2, 0) is 9.53 Å². The van der Waals surface area contributed by atoms with E-state index in [-0.39, 0.29) is 23.9 Å². The summed E-state index contributed by atoms with van der Waals surface area (Å²) in [7, 11) is 0. The lowest BCUT2D eigenvalue weighted by Crippen LogP contribution is -2.40. The zero-order chi connectivity index (χ0) is 12.0. The fourth-order valence-electron chi connectivity index (χ4n) is 2.49. The molecule has 0 spiro atoms. The van der Waals surface area contributed by atoms with Gasteiger partial charge in [-0.1, -0.05) is 50.1 Å². The van der Waals surface area contributed by atoms with Crippen molar-refractivity contribution < 1.29 is 9.53 Å². The summed E-state index contributed by atoms with van der Waals surface area (Å²) in [5, 5.41) is 0. The van der Waals surface area contributed by atoms with Crippen LogP contribution in [0.1, 0.15) is 17.9 Å². The third-order valence-electron chi connectivity index (χ3n) is 3.38. The van der Waals surface area contributed by atoms with E-state index in [9.17, 15) is 4.79 Å². The summed E-state index contributed by atoms with van der Waals surface area (Å²) < 4.78 is 7.38. The Hall–Kier alpha value is -0.610. The molecule has 2 nitrogen and oxygen atoms in total. The molecule has 88 valence electrons. The van der Waals surface area contributed by atoms with Gasteiger partial charge in [-0.3, -0.25) is 4.79 Å². The van der Waals surface area contributed by atoms with E-state index in [0.29, 0.717) is 0 Å². The van der Waals surface area contributed by atoms with E-state index < -0.39 is 0 Å². The number of ether oxygens (including phenoxy) is 1. The number of fused-ring (bicyclic) bond motifs is 2. The molecule has 1 aliphatic carbocycles. The van der Waals surface area contributed by atoms with Crippen molar-refractivity contribution in [2.75, 3.05) is 0 Å². The van der Waals surface area contributed by atoms with Gasteiger partial charge in [0.05, 0.1) is 5.92 Å². The molecule has 3 atom stereocenters. The van der Waals surface area contributed by atoms with Crippen LogP contribution >= 0.6 is 31.9 Å². The number of carbonyl (C=O) groups is 1. The van der Waals surface area contributed by atoms with Crippen LogP contribution in [0.5, 0.6) is 0 Å².